The SMILES string of the molecule is CC1CCC(C#N)(C(O)CC2CCCCC2)C1. The van der Waals surface area contributed by atoms with Crippen molar-refractivity contribution in [1.29, 1.82) is 5.26 Å². The quantitative estimate of drug-likeness (QED) is 0.811. The lowest BCUT2D eigenvalue weighted by molar-refractivity contribution is 0.0378. The summed E-state index contributed by atoms with van der Waals surface area (Å²) in [5.41, 5.74) is -0.420. The van der Waals surface area contributed by atoms with Crippen LogP contribution in [-0.4, -0.2) is 11.2 Å². The van der Waals surface area contributed by atoms with Gasteiger partial charge in [-0.3, -0.25) is 0 Å². The standard InChI is InChI=1S/C15H25NO/c1-12-7-8-15(10-12,11-16)14(17)9-13-5-3-2-4-6-13/h12-14,17H,2-10H2,1H3. The van der Waals surface area contributed by atoms with Crippen molar-refractivity contribution in [2.24, 2.45) is 17.3 Å². The predicted molar refractivity (Wildman–Crippen MR) is 68.3 cm³/mol. The monoisotopic (exact) mass is 235 g/mol. The molecule has 2 aliphatic rings. The smallest absolute Gasteiger partial charge is 0.0835 e. The second-order valence-electron chi connectivity index (χ2n) is 6.37. The predicted octanol–water partition coefficient (Wildman–Crippen LogP) is 3.65. The molecular formula is C15H25NO. The average molecular weight is 235 g/mol. The molecular weight excluding hydrogens is 210 g/mol. The molecule has 1 N–H and O–H groups in total. The Labute approximate surface area is 105 Å². The van der Waals surface area contributed by atoms with Crippen LogP contribution >= 0.6 is 0 Å². The van der Waals surface area contributed by atoms with Crippen LogP contribution in [0.25, 0.3) is 0 Å². The van der Waals surface area contributed by atoms with Gasteiger partial charge in [-0.15, -0.1) is 0 Å². The molecule has 0 heterocycles. The largest absolute Gasteiger partial charge is 0.391 e. The zero-order valence-electron chi connectivity index (χ0n) is 11.0. The van der Waals surface area contributed by atoms with Gasteiger partial charge in [-0.05, 0) is 37.5 Å². The van der Waals surface area contributed by atoms with Gasteiger partial charge in [0, 0.05) is 0 Å². The summed E-state index contributed by atoms with van der Waals surface area (Å²) in [5.74, 6) is 1.27. The summed E-state index contributed by atoms with van der Waals surface area (Å²) in [7, 11) is 0. The first kappa shape index (κ1) is 12.9. The van der Waals surface area contributed by atoms with E-state index in [-0.39, 0.29) is 6.10 Å². The first-order valence-electron chi connectivity index (χ1n) is 7.25. The zero-order valence-corrected chi connectivity index (χ0v) is 11.0. The Kier molecular flexibility index (Phi) is 4.09. The minimum absolute atomic E-state index is 0.388. The van der Waals surface area contributed by atoms with Gasteiger partial charge in [0.05, 0.1) is 17.6 Å². The summed E-state index contributed by atoms with van der Waals surface area (Å²) >= 11 is 0. The fourth-order valence-corrected chi connectivity index (χ4v) is 3.77. The van der Waals surface area contributed by atoms with E-state index in [1.165, 1.54) is 32.1 Å². The van der Waals surface area contributed by atoms with Crippen LogP contribution < -0.4 is 0 Å². The molecule has 0 saturated heterocycles. The fraction of sp³-hybridized carbons (Fsp3) is 0.933. The number of nitrogens with zero attached hydrogens (tertiary/aromatic N) is 1. The van der Waals surface area contributed by atoms with Gasteiger partial charge in [-0.25, -0.2) is 0 Å². The Balaban J connectivity index is 1.93. The first-order chi connectivity index (χ1) is 8.16. The Hall–Kier alpha value is -0.550. The van der Waals surface area contributed by atoms with Crippen LogP contribution in [-0.2, 0) is 0 Å². The van der Waals surface area contributed by atoms with E-state index >= 15 is 0 Å². The van der Waals surface area contributed by atoms with Crippen molar-refractivity contribution < 1.29 is 5.11 Å². The van der Waals surface area contributed by atoms with E-state index in [1.807, 2.05) is 0 Å². The van der Waals surface area contributed by atoms with Crippen molar-refractivity contribution >= 4 is 0 Å². The molecule has 0 amide bonds. The lowest BCUT2D eigenvalue weighted by Crippen LogP contribution is -2.33. The second-order valence-corrected chi connectivity index (χ2v) is 6.37. The number of rotatable bonds is 3. The van der Waals surface area contributed by atoms with E-state index in [1.54, 1.807) is 0 Å². The molecule has 0 aromatic carbocycles. The Morgan fingerprint density at radius 3 is 2.53 bits per heavy atom. The lowest BCUT2D eigenvalue weighted by Gasteiger charge is -2.31. The van der Waals surface area contributed by atoms with Gasteiger partial charge in [-0.2, -0.15) is 5.26 Å². The molecule has 0 aliphatic heterocycles. The van der Waals surface area contributed by atoms with Crippen LogP contribution in [0.5, 0.6) is 0 Å². The molecule has 2 saturated carbocycles. The summed E-state index contributed by atoms with van der Waals surface area (Å²) in [6.07, 6.45) is 9.88. The number of aliphatic hydroxyl groups excluding tert-OH is 1. The third-order valence-electron chi connectivity index (χ3n) is 4.94. The van der Waals surface area contributed by atoms with Crippen LogP contribution in [0.2, 0.25) is 0 Å². The fourth-order valence-electron chi connectivity index (χ4n) is 3.77. The highest BCUT2D eigenvalue weighted by Gasteiger charge is 2.44. The van der Waals surface area contributed by atoms with Crippen molar-refractivity contribution in [2.75, 3.05) is 0 Å². The number of aliphatic hydroxyl groups is 1. The Morgan fingerprint density at radius 1 is 1.29 bits per heavy atom. The summed E-state index contributed by atoms with van der Waals surface area (Å²) in [6, 6.07) is 2.45. The van der Waals surface area contributed by atoms with Gasteiger partial charge < -0.3 is 5.11 Å². The number of hydrogen-bond donors (Lipinski definition) is 1. The van der Waals surface area contributed by atoms with Crippen molar-refractivity contribution in [1.82, 2.24) is 0 Å². The lowest BCUT2D eigenvalue weighted by atomic mass is 9.75. The van der Waals surface area contributed by atoms with E-state index in [9.17, 15) is 10.4 Å². The molecule has 2 heteroatoms. The Morgan fingerprint density at radius 2 is 2.00 bits per heavy atom. The number of nitriles is 1. The average Bonchev–Trinajstić information content (AvgIpc) is 2.73. The molecule has 0 aromatic heterocycles. The molecule has 0 radical (unpaired) electrons. The molecule has 2 nitrogen and oxygen atoms in total. The maximum Gasteiger partial charge on any atom is 0.0835 e. The number of hydrogen-bond acceptors (Lipinski definition) is 2. The summed E-state index contributed by atoms with van der Waals surface area (Å²) in [4.78, 5) is 0. The van der Waals surface area contributed by atoms with Crippen LogP contribution in [0.3, 0.4) is 0 Å². The highest BCUT2D eigenvalue weighted by Crippen LogP contribution is 2.46. The molecule has 0 spiro atoms. The van der Waals surface area contributed by atoms with Gasteiger partial charge in [0.1, 0.15) is 0 Å². The molecule has 96 valence electrons. The van der Waals surface area contributed by atoms with Gasteiger partial charge in [0.15, 0.2) is 0 Å². The van der Waals surface area contributed by atoms with Gasteiger partial charge in [0.2, 0.25) is 0 Å². The topological polar surface area (TPSA) is 44.0 Å². The van der Waals surface area contributed by atoms with Crippen molar-refractivity contribution in [3.63, 3.8) is 0 Å². The summed E-state index contributed by atoms with van der Waals surface area (Å²) in [6.45, 7) is 2.20. The highest BCUT2D eigenvalue weighted by molar-refractivity contribution is 5.08. The van der Waals surface area contributed by atoms with Crippen LogP contribution in [0, 0.1) is 28.6 Å². The van der Waals surface area contributed by atoms with E-state index < -0.39 is 5.41 Å². The highest BCUT2D eigenvalue weighted by atomic mass is 16.3. The molecule has 2 fully saturated rings. The minimum Gasteiger partial charge on any atom is -0.391 e. The van der Waals surface area contributed by atoms with Crippen molar-refractivity contribution in [3.05, 3.63) is 0 Å². The van der Waals surface area contributed by atoms with E-state index in [0.29, 0.717) is 11.8 Å². The van der Waals surface area contributed by atoms with Crippen LogP contribution in [0.15, 0.2) is 0 Å². The third-order valence-corrected chi connectivity index (χ3v) is 4.94. The van der Waals surface area contributed by atoms with Crippen molar-refractivity contribution in [3.8, 4) is 6.07 Å². The van der Waals surface area contributed by atoms with Crippen LogP contribution in [0.4, 0.5) is 0 Å². The second kappa shape index (κ2) is 5.40. The normalized spacial score (nSPS) is 36.6. The summed E-state index contributed by atoms with van der Waals surface area (Å²) in [5, 5.41) is 19.9. The van der Waals surface area contributed by atoms with Crippen LogP contribution in [0.1, 0.15) is 64.7 Å². The maximum absolute atomic E-state index is 10.4. The van der Waals surface area contributed by atoms with Gasteiger partial charge >= 0.3 is 0 Å². The van der Waals surface area contributed by atoms with Gasteiger partial charge in [0.25, 0.3) is 0 Å². The maximum atomic E-state index is 10.4. The van der Waals surface area contributed by atoms with Crippen molar-refractivity contribution in [2.45, 2.75) is 70.8 Å². The molecule has 3 atom stereocenters. The first-order valence-corrected chi connectivity index (χ1v) is 7.25. The minimum atomic E-state index is -0.420. The van der Waals surface area contributed by atoms with E-state index in [2.05, 4.69) is 13.0 Å². The van der Waals surface area contributed by atoms with E-state index in [4.69, 9.17) is 0 Å². The summed E-state index contributed by atoms with van der Waals surface area (Å²) < 4.78 is 0. The molecule has 3 unspecified atom stereocenters. The third kappa shape index (κ3) is 2.83. The molecule has 0 aromatic rings. The van der Waals surface area contributed by atoms with E-state index in [0.717, 1.165) is 25.7 Å². The molecule has 17 heavy (non-hydrogen) atoms. The molecule has 0 bridgehead atoms. The molecule has 2 rings (SSSR count). The Bertz CT molecular complexity index is 290. The zero-order chi connectivity index (χ0) is 12.3. The van der Waals surface area contributed by atoms with Gasteiger partial charge in [-0.1, -0.05) is 39.0 Å². The molecule has 2 aliphatic carbocycles.